The van der Waals surface area contributed by atoms with Crippen molar-refractivity contribution in [1.29, 1.82) is 0 Å². The standard InChI is InChI=1S/C16H26N2O/c1-13-12-15(9-11-18(13)2)17-10-8-14-4-6-16(19-3)7-5-14/h4-7,13,15,17H,8-12H2,1-3H3. The lowest BCUT2D eigenvalue weighted by Gasteiger charge is -2.35. The third kappa shape index (κ3) is 4.22. The molecule has 2 rings (SSSR count). The molecule has 0 radical (unpaired) electrons. The zero-order chi connectivity index (χ0) is 13.7. The van der Waals surface area contributed by atoms with E-state index in [-0.39, 0.29) is 0 Å². The number of ether oxygens (including phenoxy) is 1. The maximum absolute atomic E-state index is 5.17. The zero-order valence-corrected chi connectivity index (χ0v) is 12.4. The lowest BCUT2D eigenvalue weighted by Crippen LogP contribution is -2.46. The van der Waals surface area contributed by atoms with Crippen LogP contribution in [0, 0.1) is 0 Å². The molecule has 0 bridgehead atoms. The second-order valence-corrected chi connectivity index (χ2v) is 5.60. The Morgan fingerprint density at radius 3 is 2.68 bits per heavy atom. The fraction of sp³-hybridized carbons (Fsp3) is 0.625. The van der Waals surface area contributed by atoms with Crippen molar-refractivity contribution >= 4 is 0 Å². The molecule has 1 fully saturated rings. The minimum absolute atomic E-state index is 0.685. The zero-order valence-electron chi connectivity index (χ0n) is 12.4. The van der Waals surface area contributed by atoms with Gasteiger partial charge in [0.05, 0.1) is 7.11 Å². The molecule has 1 heterocycles. The van der Waals surface area contributed by atoms with Crippen LogP contribution in [0.4, 0.5) is 0 Å². The largest absolute Gasteiger partial charge is 0.497 e. The summed E-state index contributed by atoms with van der Waals surface area (Å²) in [6, 6.07) is 9.76. The summed E-state index contributed by atoms with van der Waals surface area (Å²) >= 11 is 0. The monoisotopic (exact) mass is 262 g/mol. The van der Waals surface area contributed by atoms with Crippen molar-refractivity contribution in [3.8, 4) is 5.75 Å². The fourth-order valence-corrected chi connectivity index (χ4v) is 2.69. The molecule has 1 aliphatic heterocycles. The van der Waals surface area contributed by atoms with Crippen LogP contribution in [-0.4, -0.2) is 44.2 Å². The minimum atomic E-state index is 0.685. The molecule has 19 heavy (non-hydrogen) atoms. The van der Waals surface area contributed by atoms with E-state index in [1.54, 1.807) is 7.11 Å². The van der Waals surface area contributed by atoms with E-state index < -0.39 is 0 Å². The van der Waals surface area contributed by atoms with Crippen molar-refractivity contribution in [2.45, 2.75) is 38.3 Å². The number of piperidine rings is 1. The highest BCUT2D eigenvalue weighted by molar-refractivity contribution is 5.27. The highest BCUT2D eigenvalue weighted by Gasteiger charge is 2.21. The topological polar surface area (TPSA) is 24.5 Å². The van der Waals surface area contributed by atoms with Gasteiger partial charge in [0.15, 0.2) is 0 Å². The Morgan fingerprint density at radius 2 is 2.05 bits per heavy atom. The molecule has 1 aromatic carbocycles. The quantitative estimate of drug-likeness (QED) is 0.881. The second kappa shape index (κ2) is 6.92. The summed E-state index contributed by atoms with van der Waals surface area (Å²) in [5.74, 6) is 0.931. The summed E-state index contributed by atoms with van der Waals surface area (Å²) in [6.45, 7) is 4.59. The molecule has 2 atom stereocenters. The molecule has 0 amide bonds. The molecule has 1 aliphatic rings. The Balaban J connectivity index is 1.71. The van der Waals surface area contributed by atoms with Gasteiger partial charge in [-0.1, -0.05) is 12.1 Å². The molecule has 106 valence electrons. The predicted molar refractivity (Wildman–Crippen MR) is 79.8 cm³/mol. The summed E-state index contributed by atoms with van der Waals surface area (Å²) in [4.78, 5) is 2.45. The number of rotatable bonds is 5. The lowest BCUT2D eigenvalue weighted by molar-refractivity contribution is 0.169. The molecule has 2 unspecified atom stereocenters. The third-order valence-corrected chi connectivity index (χ3v) is 4.21. The fourth-order valence-electron chi connectivity index (χ4n) is 2.69. The predicted octanol–water partition coefficient (Wildman–Crippen LogP) is 2.31. The van der Waals surface area contributed by atoms with Crippen LogP contribution in [0.25, 0.3) is 0 Å². The number of hydrogen-bond donors (Lipinski definition) is 1. The first-order chi connectivity index (χ1) is 9.19. The van der Waals surface area contributed by atoms with E-state index in [4.69, 9.17) is 4.74 Å². The van der Waals surface area contributed by atoms with Crippen LogP contribution >= 0.6 is 0 Å². The van der Waals surface area contributed by atoms with Gasteiger partial charge in [-0.15, -0.1) is 0 Å². The first-order valence-electron chi connectivity index (χ1n) is 7.25. The smallest absolute Gasteiger partial charge is 0.118 e. The number of nitrogens with one attached hydrogen (secondary N) is 1. The van der Waals surface area contributed by atoms with E-state index in [9.17, 15) is 0 Å². The average Bonchev–Trinajstić information content (AvgIpc) is 2.43. The summed E-state index contributed by atoms with van der Waals surface area (Å²) in [5, 5.41) is 3.69. The minimum Gasteiger partial charge on any atom is -0.497 e. The Bertz CT molecular complexity index is 377. The molecule has 0 spiro atoms. The van der Waals surface area contributed by atoms with Gasteiger partial charge in [-0.25, -0.2) is 0 Å². The number of nitrogens with zero attached hydrogens (tertiary/aromatic N) is 1. The molecule has 1 saturated heterocycles. The van der Waals surface area contributed by atoms with E-state index in [0.29, 0.717) is 12.1 Å². The summed E-state index contributed by atoms with van der Waals surface area (Å²) in [7, 11) is 3.93. The van der Waals surface area contributed by atoms with Gasteiger partial charge in [0.25, 0.3) is 0 Å². The van der Waals surface area contributed by atoms with Gasteiger partial charge < -0.3 is 15.0 Å². The number of hydrogen-bond acceptors (Lipinski definition) is 3. The van der Waals surface area contributed by atoms with Crippen LogP contribution in [-0.2, 0) is 6.42 Å². The van der Waals surface area contributed by atoms with E-state index in [1.807, 2.05) is 12.1 Å². The summed E-state index contributed by atoms with van der Waals surface area (Å²) in [6.07, 6.45) is 3.62. The van der Waals surface area contributed by atoms with Crippen LogP contribution in [0.3, 0.4) is 0 Å². The Labute approximate surface area is 116 Å². The van der Waals surface area contributed by atoms with E-state index in [2.05, 4.69) is 36.3 Å². The van der Waals surface area contributed by atoms with E-state index in [1.165, 1.54) is 24.9 Å². The normalized spacial score (nSPS) is 24.4. The lowest BCUT2D eigenvalue weighted by atomic mass is 9.99. The second-order valence-electron chi connectivity index (χ2n) is 5.60. The van der Waals surface area contributed by atoms with Crippen molar-refractivity contribution in [1.82, 2.24) is 10.2 Å². The van der Waals surface area contributed by atoms with Gasteiger partial charge in [0.1, 0.15) is 5.75 Å². The van der Waals surface area contributed by atoms with Gasteiger partial charge in [-0.05, 0) is 64.0 Å². The van der Waals surface area contributed by atoms with Crippen molar-refractivity contribution in [3.63, 3.8) is 0 Å². The van der Waals surface area contributed by atoms with Crippen LogP contribution in [0.1, 0.15) is 25.3 Å². The maximum Gasteiger partial charge on any atom is 0.118 e. The molecule has 1 N–H and O–H groups in total. The van der Waals surface area contributed by atoms with Crippen molar-refractivity contribution in [2.24, 2.45) is 0 Å². The maximum atomic E-state index is 5.17. The molecule has 0 saturated carbocycles. The third-order valence-electron chi connectivity index (χ3n) is 4.21. The molecule has 0 aromatic heterocycles. The molecular weight excluding hydrogens is 236 g/mol. The van der Waals surface area contributed by atoms with Gasteiger partial charge in [0.2, 0.25) is 0 Å². The molecule has 3 heteroatoms. The molecular formula is C16H26N2O. The number of methoxy groups -OCH3 is 1. The van der Waals surface area contributed by atoms with Crippen LogP contribution in [0.15, 0.2) is 24.3 Å². The average molecular weight is 262 g/mol. The van der Waals surface area contributed by atoms with E-state index in [0.717, 1.165) is 18.7 Å². The van der Waals surface area contributed by atoms with Crippen LogP contribution in [0.2, 0.25) is 0 Å². The molecule has 1 aromatic rings. The van der Waals surface area contributed by atoms with Crippen LogP contribution in [0.5, 0.6) is 5.75 Å². The first kappa shape index (κ1) is 14.4. The molecule has 0 aliphatic carbocycles. The van der Waals surface area contributed by atoms with E-state index >= 15 is 0 Å². The summed E-state index contributed by atoms with van der Waals surface area (Å²) < 4.78 is 5.17. The SMILES string of the molecule is COc1ccc(CCNC2CCN(C)C(C)C2)cc1. The first-order valence-corrected chi connectivity index (χ1v) is 7.25. The van der Waals surface area contributed by atoms with Crippen molar-refractivity contribution in [2.75, 3.05) is 27.2 Å². The van der Waals surface area contributed by atoms with Gasteiger partial charge in [-0.2, -0.15) is 0 Å². The molecule has 3 nitrogen and oxygen atoms in total. The Morgan fingerprint density at radius 1 is 1.32 bits per heavy atom. The summed E-state index contributed by atoms with van der Waals surface area (Å²) in [5.41, 5.74) is 1.37. The highest BCUT2D eigenvalue weighted by atomic mass is 16.5. The Hall–Kier alpha value is -1.06. The van der Waals surface area contributed by atoms with Crippen molar-refractivity contribution in [3.05, 3.63) is 29.8 Å². The van der Waals surface area contributed by atoms with Crippen LogP contribution < -0.4 is 10.1 Å². The Kier molecular flexibility index (Phi) is 5.23. The van der Waals surface area contributed by atoms with Gasteiger partial charge in [-0.3, -0.25) is 0 Å². The van der Waals surface area contributed by atoms with Gasteiger partial charge in [0, 0.05) is 12.1 Å². The van der Waals surface area contributed by atoms with Gasteiger partial charge >= 0.3 is 0 Å². The number of benzene rings is 1. The highest BCUT2D eigenvalue weighted by Crippen LogP contribution is 2.15. The van der Waals surface area contributed by atoms with Crippen molar-refractivity contribution < 1.29 is 4.74 Å². The number of likely N-dealkylation sites (tertiary alicyclic amines) is 1.